The van der Waals surface area contributed by atoms with E-state index in [0.29, 0.717) is 0 Å². The van der Waals surface area contributed by atoms with Gasteiger partial charge < -0.3 is 14.6 Å². The molecular formula is C29H28N2O. The maximum absolute atomic E-state index is 5.67. The molecule has 1 aromatic heterocycles. The van der Waals surface area contributed by atoms with E-state index in [4.69, 9.17) is 4.74 Å². The van der Waals surface area contributed by atoms with E-state index < -0.39 is 0 Å². The van der Waals surface area contributed by atoms with Crippen LogP contribution in [0.3, 0.4) is 0 Å². The molecule has 0 unspecified atom stereocenters. The summed E-state index contributed by atoms with van der Waals surface area (Å²) in [7, 11) is 3.81. The Hall–Kier alpha value is -3.56. The molecule has 4 aromatic carbocycles. The first-order chi connectivity index (χ1) is 15.7. The second-order valence-electron chi connectivity index (χ2n) is 8.30. The molecule has 3 heteroatoms. The number of methoxy groups -OCH3 is 1. The highest BCUT2D eigenvalue weighted by Gasteiger charge is 2.09. The molecule has 160 valence electrons. The average molecular weight is 421 g/mol. The minimum atomic E-state index is 0.829. The van der Waals surface area contributed by atoms with E-state index >= 15 is 0 Å². The van der Waals surface area contributed by atoms with E-state index in [1.807, 2.05) is 0 Å². The molecule has 1 heterocycles. The molecule has 0 bridgehead atoms. The van der Waals surface area contributed by atoms with Crippen molar-refractivity contribution in [3.8, 4) is 16.9 Å². The Morgan fingerprint density at radius 2 is 1.72 bits per heavy atom. The van der Waals surface area contributed by atoms with Crippen LogP contribution < -0.4 is 10.1 Å². The van der Waals surface area contributed by atoms with Crippen LogP contribution in [0.25, 0.3) is 32.8 Å². The minimum Gasteiger partial charge on any atom is -0.496 e. The predicted octanol–water partition coefficient (Wildman–Crippen LogP) is 6.34. The van der Waals surface area contributed by atoms with Crippen molar-refractivity contribution in [1.82, 2.24) is 9.88 Å². The number of hydrogen-bond acceptors (Lipinski definition) is 2. The normalized spacial score (nSPS) is 11.3. The Balaban J connectivity index is 1.31. The van der Waals surface area contributed by atoms with Crippen LogP contribution in [-0.2, 0) is 20.0 Å². The summed E-state index contributed by atoms with van der Waals surface area (Å²) in [4.78, 5) is 0. The highest BCUT2D eigenvalue weighted by molar-refractivity contribution is 5.87. The topological polar surface area (TPSA) is 26.2 Å². The summed E-state index contributed by atoms with van der Waals surface area (Å²) in [5.74, 6) is 0.903. The van der Waals surface area contributed by atoms with Crippen molar-refractivity contribution in [3.63, 3.8) is 0 Å². The van der Waals surface area contributed by atoms with Gasteiger partial charge >= 0.3 is 0 Å². The fourth-order valence-corrected chi connectivity index (χ4v) is 4.51. The van der Waals surface area contributed by atoms with Crippen molar-refractivity contribution < 1.29 is 4.74 Å². The molecule has 0 aliphatic heterocycles. The third-order valence-electron chi connectivity index (χ3n) is 6.24. The number of ether oxygens (including phenoxy) is 1. The van der Waals surface area contributed by atoms with Gasteiger partial charge in [-0.1, -0.05) is 54.6 Å². The number of fused-ring (bicyclic) bond motifs is 2. The first-order valence-electron chi connectivity index (χ1n) is 11.1. The Labute approximate surface area is 189 Å². The number of hydrogen-bond donors (Lipinski definition) is 1. The lowest BCUT2D eigenvalue weighted by Crippen LogP contribution is -2.16. The molecule has 5 aromatic rings. The van der Waals surface area contributed by atoms with Crippen LogP contribution in [-0.4, -0.2) is 18.2 Å². The van der Waals surface area contributed by atoms with E-state index in [1.54, 1.807) is 7.11 Å². The second kappa shape index (κ2) is 8.89. The molecule has 32 heavy (non-hydrogen) atoms. The van der Waals surface area contributed by atoms with E-state index in [1.165, 1.54) is 38.4 Å². The number of nitrogens with one attached hydrogen (secondary N) is 1. The Morgan fingerprint density at radius 3 is 2.62 bits per heavy atom. The van der Waals surface area contributed by atoms with Gasteiger partial charge in [0, 0.05) is 36.3 Å². The van der Waals surface area contributed by atoms with Gasteiger partial charge in [-0.25, -0.2) is 0 Å². The van der Waals surface area contributed by atoms with Gasteiger partial charge in [0.2, 0.25) is 0 Å². The van der Waals surface area contributed by atoms with Gasteiger partial charge in [-0.3, -0.25) is 0 Å². The van der Waals surface area contributed by atoms with Crippen LogP contribution >= 0.6 is 0 Å². The Kier molecular flexibility index (Phi) is 5.66. The first-order valence-corrected chi connectivity index (χ1v) is 11.1. The molecule has 0 aliphatic carbocycles. The summed E-state index contributed by atoms with van der Waals surface area (Å²) in [5, 5.41) is 7.51. The fraction of sp³-hybridized carbons (Fsp3) is 0.172. The highest BCUT2D eigenvalue weighted by atomic mass is 16.5. The molecular weight excluding hydrogens is 392 g/mol. The summed E-state index contributed by atoms with van der Waals surface area (Å²) in [5.41, 5.74) is 6.19. The predicted molar refractivity (Wildman–Crippen MR) is 134 cm³/mol. The third kappa shape index (κ3) is 4.00. The van der Waals surface area contributed by atoms with Crippen molar-refractivity contribution in [3.05, 3.63) is 102 Å². The van der Waals surface area contributed by atoms with Crippen LogP contribution in [0.5, 0.6) is 5.75 Å². The molecule has 1 N–H and O–H groups in total. The summed E-state index contributed by atoms with van der Waals surface area (Å²) in [6.45, 7) is 1.76. The van der Waals surface area contributed by atoms with Crippen LogP contribution in [0.1, 0.15) is 11.1 Å². The van der Waals surface area contributed by atoms with Gasteiger partial charge in [0.15, 0.2) is 0 Å². The monoisotopic (exact) mass is 420 g/mol. The van der Waals surface area contributed by atoms with E-state index in [-0.39, 0.29) is 0 Å². The van der Waals surface area contributed by atoms with E-state index in [9.17, 15) is 0 Å². The number of aryl methyl sites for hydroxylation is 1. The Bertz CT molecular complexity index is 1380. The SMILES string of the molecule is COc1ccc(CNCCc2cccc3ccccc23)cc1-c1ccc2c(ccn2C)c1. The van der Waals surface area contributed by atoms with Crippen LogP contribution in [0.4, 0.5) is 0 Å². The largest absolute Gasteiger partial charge is 0.496 e. The molecule has 0 saturated heterocycles. The number of benzene rings is 4. The molecule has 0 amide bonds. The van der Waals surface area contributed by atoms with Crippen LogP contribution in [0.2, 0.25) is 0 Å². The standard InChI is InChI=1S/C29H28N2O/c1-31-17-15-25-19-24(11-12-28(25)31)27-18-21(10-13-29(27)32-2)20-30-16-14-23-8-5-7-22-6-3-4-9-26(22)23/h3-13,15,17-19,30H,14,16,20H2,1-2H3. The summed E-state index contributed by atoms with van der Waals surface area (Å²) in [6.07, 6.45) is 3.11. The molecule has 0 atom stereocenters. The van der Waals surface area contributed by atoms with Gasteiger partial charge in [0.05, 0.1) is 7.11 Å². The van der Waals surface area contributed by atoms with E-state index in [0.717, 1.165) is 30.8 Å². The molecule has 0 saturated carbocycles. The van der Waals surface area contributed by atoms with Gasteiger partial charge in [0.1, 0.15) is 5.75 Å². The minimum absolute atomic E-state index is 0.829. The van der Waals surface area contributed by atoms with Crippen LogP contribution in [0.15, 0.2) is 91.1 Å². The van der Waals surface area contributed by atoms with Crippen molar-refractivity contribution >= 4 is 21.7 Å². The number of aromatic nitrogens is 1. The number of rotatable bonds is 7. The Morgan fingerprint density at radius 1 is 0.844 bits per heavy atom. The molecule has 0 radical (unpaired) electrons. The van der Waals surface area contributed by atoms with Crippen molar-refractivity contribution in [2.24, 2.45) is 7.05 Å². The smallest absolute Gasteiger partial charge is 0.126 e. The molecule has 5 rings (SSSR count). The molecule has 0 aliphatic rings. The lowest BCUT2D eigenvalue weighted by molar-refractivity contribution is 0.416. The first kappa shape index (κ1) is 20.3. The third-order valence-corrected chi connectivity index (χ3v) is 6.24. The average Bonchev–Trinajstić information content (AvgIpc) is 3.21. The lowest BCUT2D eigenvalue weighted by Gasteiger charge is -2.13. The van der Waals surface area contributed by atoms with Crippen molar-refractivity contribution in [1.29, 1.82) is 0 Å². The zero-order chi connectivity index (χ0) is 21.9. The van der Waals surface area contributed by atoms with E-state index in [2.05, 4.69) is 108 Å². The number of nitrogens with zero attached hydrogens (tertiary/aromatic N) is 1. The molecule has 0 fully saturated rings. The summed E-state index contributed by atoms with van der Waals surface area (Å²) < 4.78 is 7.82. The lowest BCUT2D eigenvalue weighted by atomic mass is 10.00. The summed E-state index contributed by atoms with van der Waals surface area (Å²) in [6, 6.07) is 30.4. The maximum atomic E-state index is 5.67. The van der Waals surface area contributed by atoms with Crippen LogP contribution in [0, 0.1) is 0 Å². The summed E-state index contributed by atoms with van der Waals surface area (Å²) >= 11 is 0. The van der Waals surface area contributed by atoms with Gasteiger partial charge in [0.25, 0.3) is 0 Å². The zero-order valence-corrected chi connectivity index (χ0v) is 18.6. The van der Waals surface area contributed by atoms with Crippen molar-refractivity contribution in [2.45, 2.75) is 13.0 Å². The van der Waals surface area contributed by atoms with Gasteiger partial charge in [-0.15, -0.1) is 0 Å². The quantitative estimate of drug-likeness (QED) is 0.311. The fourth-order valence-electron chi connectivity index (χ4n) is 4.51. The van der Waals surface area contributed by atoms with Gasteiger partial charge in [-0.05, 0) is 70.8 Å². The molecule has 0 spiro atoms. The molecule has 3 nitrogen and oxygen atoms in total. The van der Waals surface area contributed by atoms with Gasteiger partial charge in [-0.2, -0.15) is 0 Å². The maximum Gasteiger partial charge on any atom is 0.126 e. The second-order valence-corrected chi connectivity index (χ2v) is 8.30. The zero-order valence-electron chi connectivity index (χ0n) is 18.6. The highest BCUT2D eigenvalue weighted by Crippen LogP contribution is 2.33. The van der Waals surface area contributed by atoms with Crippen molar-refractivity contribution in [2.75, 3.05) is 13.7 Å².